The molecule has 1 saturated carbocycles. The number of rotatable bonds is 13. The van der Waals surface area contributed by atoms with Gasteiger partial charge < -0.3 is 34.2 Å². The summed E-state index contributed by atoms with van der Waals surface area (Å²) in [6.45, 7) is 7.62. The van der Waals surface area contributed by atoms with E-state index in [1.54, 1.807) is 32.5 Å². The Morgan fingerprint density at radius 1 is 1.12 bits per heavy atom. The first-order valence-electron chi connectivity index (χ1n) is 16.7. The summed E-state index contributed by atoms with van der Waals surface area (Å²) < 4.78 is 52.6. The number of hydrogen-bond donors (Lipinski definition) is 1. The van der Waals surface area contributed by atoms with Crippen LogP contribution in [0.15, 0.2) is 30.6 Å². The third-order valence-corrected chi connectivity index (χ3v) is 9.49. The first-order valence-corrected chi connectivity index (χ1v) is 16.7. The van der Waals surface area contributed by atoms with Crippen LogP contribution >= 0.6 is 0 Å². The van der Waals surface area contributed by atoms with Crippen molar-refractivity contribution >= 4 is 28.6 Å². The fraction of sp³-hybridized carbons (Fsp3) is 0.529. The topological polar surface area (TPSA) is 149 Å². The molecule has 0 amide bonds. The van der Waals surface area contributed by atoms with Crippen LogP contribution < -0.4 is 49.2 Å². The van der Waals surface area contributed by atoms with Gasteiger partial charge in [0.05, 0.1) is 37.0 Å². The van der Waals surface area contributed by atoms with Crippen molar-refractivity contribution in [2.75, 3.05) is 69.9 Å². The number of halogens is 3. The predicted octanol–water partition coefficient (Wildman–Crippen LogP) is 0.802. The molecular formula is C34H41F3N9NaO4. The van der Waals surface area contributed by atoms with E-state index in [0.717, 1.165) is 25.3 Å². The number of alkyl halides is 3. The number of pyridine rings is 2. The van der Waals surface area contributed by atoms with Crippen LogP contribution in [0, 0.1) is 5.41 Å². The zero-order valence-corrected chi connectivity index (χ0v) is 31.6. The molecule has 5 heterocycles. The zero-order chi connectivity index (χ0) is 35.6. The Kier molecular flexibility index (Phi) is 12.1. The Labute approximate surface area is 316 Å². The molecule has 17 heteroatoms. The summed E-state index contributed by atoms with van der Waals surface area (Å²) in [7, 11) is 3.64. The molecule has 6 rings (SSSR count). The first kappa shape index (κ1) is 38.7. The van der Waals surface area contributed by atoms with E-state index in [1.807, 2.05) is 7.05 Å². The molecule has 0 radical (unpaired) electrons. The molecule has 0 unspecified atom stereocenters. The maximum Gasteiger partial charge on any atom is 1.00 e. The number of aromatic amines is 1. The van der Waals surface area contributed by atoms with Crippen LogP contribution in [-0.4, -0.2) is 107 Å². The van der Waals surface area contributed by atoms with Crippen LogP contribution in [-0.2, 0) is 15.7 Å². The number of carboxylic acids is 1. The summed E-state index contributed by atoms with van der Waals surface area (Å²) in [6.07, 6.45) is 1.73. The van der Waals surface area contributed by atoms with E-state index in [0.29, 0.717) is 73.5 Å². The monoisotopic (exact) mass is 719 g/mol. The van der Waals surface area contributed by atoms with E-state index in [2.05, 4.69) is 41.6 Å². The van der Waals surface area contributed by atoms with Gasteiger partial charge >= 0.3 is 35.7 Å². The molecule has 0 bridgehead atoms. The second-order valence-electron chi connectivity index (χ2n) is 13.2. The first-order chi connectivity index (χ1) is 23.9. The summed E-state index contributed by atoms with van der Waals surface area (Å²) in [6, 6.07) is 4.28. The van der Waals surface area contributed by atoms with Crippen molar-refractivity contribution in [2.24, 2.45) is 5.41 Å². The standard InChI is InChI=1S/C34H42F3N9O4.Na/c1-5-50-28-14-22(13-26(41-28)34(35,36)37)23-15-25(44(3)19-33(20-49-4)8-6-9-33)30-32(40-23)43-31(42-30)24-16-39-27(17-38-24)46-12-11-45(18-21(46)2)10-7-29(47)48;/h13-17,21H,5-12,18-20H2,1-4H3,(H,47,48)(H,40,42,43);/q;+1/p-1/t21-;/m1./s1. The number of imidazole rings is 1. The number of H-pyrrole nitrogens is 1. The zero-order valence-electron chi connectivity index (χ0n) is 29.6. The molecule has 13 nitrogen and oxygen atoms in total. The van der Waals surface area contributed by atoms with E-state index in [4.69, 9.17) is 19.4 Å². The van der Waals surface area contributed by atoms with Crippen LogP contribution in [0.1, 0.15) is 45.2 Å². The minimum Gasteiger partial charge on any atom is -0.550 e. The molecule has 4 aromatic rings. The van der Waals surface area contributed by atoms with Crippen molar-refractivity contribution in [1.82, 2.24) is 34.8 Å². The van der Waals surface area contributed by atoms with Gasteiger partial charge in [0.15, 0.2) is 11.5 Å². The van der Waals surface area contributed by atoms with Crippen LogP contribution in [0.25, 0.3) is 33.9 Å². The van der Waals surface area contributed by atoms with Crippen molar-refractivity contribution < 1.29 is 62.1 Å². The number of anilines is 2. The van der Waals surface area contributed by atoms with Crippen molar-refractivity contribution in [3.05, 3.63) is 36.3 Å². The van der Waals surface area contributed by atoms with Crippen LogP contribution in [0.3, 0.4) is 0 Å². The Morgan fingerprint density at radius 2 is 1.90 bits per heavy atom. The molecule has 4 aromatic heterocycles. The van der Waals surface area contributed by atoms with Crippen LogP contribution in [0.2, 0.25) is 0 Å². The summed E-state index contributed by atoms with van der Waals surface area (Å²) in [5.41, 5.74) is 1.48. The molecule has 268 valence electrons. The van der Waals surface area contributed by atoms with E-state index in [-0.39, 0.29) is 71.2 Å². The third-order valence-electron chi connectivity index (χ3n) is 9.49. The number of aliphatic carboxylic acids is 1. The number of ether oxygens (including phenoxy) is 2. The molecule has 1 atom stereocenters. The van der Waals surface area contributed by atoms with E-state index in [9.17, 15) is 23.1 Å². The van der Waals surface area contributed by atoms with Gasteiger partial charge in [-0.3, -0.25) is 4.90 Å². The van der Waals surface area contributed by atoms with Gasteiger partial charge in [0, 0.05) is 75.9 Å². The SMILES string of the molecule is CCOc1cc(-c2cc(N(C)CC3(COC)CCC3)c3[nH]c(-c4cnc(N5CCN(CCC(=O)[O-])C[C@H]5C)cn4)nc3n2)cc(C(F)(F)F)n1.[Na+]. The number of methoxy groups -OCH3 is 1. The minimum absolute atomic E-state index is 0. The number of carbonyl (C=O) groups excluding carboxylic acids is 1. The van der Waals surface area contributed by atoms with Gasteiger partial charge in [-0.2, -0.15) is 13.2 Å². The molecule has 0 aromatic carbocycles. The Morgan fingerprint density at radius 3 is 2.51 bits per heavy atom. The normalized spacial score (nSPS) is 17.5. The molecule has 0 spiro atoms. The van der Waals surface area contributed by atoms with Crippen LogP contribution in [0.5, 0.6) is 5.88 Å². The molecule has 1 aliphatic heterocycles. The molecule has 51 heavy (non-hydrogen) atoms. The number of piperazine rings is 1. The summed E-state index contributed by atoms with van der Waals surface area (Å²) in [5, 5.41) is 10.9. The fourth-order valence-electron chi connectivity index (χ4n) is 6.90. The fourth-order valence-corrected chi connectivity index (χ4v) is 6.90. The van der Waals surface area contributed by atoms with Gasteiger partial charge in [0.2, 0.25) is 5.88 Å². The van der Waals surface area contributed by atoms with Crippen molar-refractivity contribution in [3.63, 3.8) is 0 Å². The number of nitrogens with one attached hydrogen (secondary N) is 1. The van der Waals surface area contributed by atoms with Gasteiger partial charge in [-0.05, 0) is 45.2 Å². The van der Waals surface area contributed by atoms with Crippen LogP contribution in [0.4, 0.5) is 24.7 Å². The number of nitrogens with zero attached hydrogens (tertiary/aromatic N) is 8. The maximum absolute atomic E-state index is 13.9. The van der Waals surface area contributed by atoms with Gasteiger partial charge in [0.1, 0.15) is 22.7 Å². The van der Waals surface area contributed by atoms with Gasteiger partial charge in [0.25, 0.3) is 0 Å². The van der Waals surface area contributed by atoms with Gasteiger partial charge in [-0.15, -0.1) is 0 Å². The van der Waals surface area contributed by atoms with Gasteiger partial charge in [-0.1, -0.05) is 6.42 Å². The molecular weight excluding hydrogens is 678 g/mol. The third kappa shape index (κ3) is 8.74. The second-order valence-corrected chi connectivity index (χ2v) is 13.2. The average Bonchev–Trinajstić information content (AvgIpc) is 3.50. The Bertz CT molecular complexity index is 1820. The van der Waals surface area contributed by atoms with Crippen molar-refractivity contribution in [1.29, 1.82) is 0 Å². The predicted molar refractivity (Wildman–Crippen MR) is 179 cm³/mol. The summed E-state index contributed by atoms with van der Waals surface area (Å²) in [4.78, 5) is 43.0. The molecule has 1 saturated heterocycles. The smallest absolute Gasteiger partial charge is 0.550 e. The second kappa shape index (κ2) is 16.0. The summed E-state index contributed by atoms with van der Waals surface area (Å²) in [5.74, 6) is -0.109. The van der Waals surface area contributed by atoms with E-state index >= 15 is 0 Å². The Hall–Kier alpha value is -3.57. The number of carboxylic acid groups (broad SMARTS) is 1. The maximum atomic E-state index is 13.9. The molecule has 1 aliphatic carbocycles. The molecule has 1 N–H and O–H groups in total. The Balaban J connectivity index is 0.00000504. The van der Waals surface area contributed by atoms with Crippen molar-refractivity contribution in [3.8, 4) is 28.7 Å². The van der Waals surface area contributed by atoms with Crippen molar-refractivity contribution in [2.45, 2.75) is 51.7 Å². The number of hydrogen-bond acceptors (Lipinski definition) is 12. The minimum atomic E-state index is -4.68. The van der Waals surface area contributed by atoms with Gasteiger partial charge in [-0.25, -0.2) is 24.9 Å². The average molecular weight is 720 g/mol. The molecule has 2 aliphatic rings. The quantitative estimate of drug-likeness (QED) is 0.195. The van der Waals surface area contributed by atoms with E-state index in [1.165, 1.54) is 6.07 Å². The summed E-state index contributed by atoms with van der Waals surface area (Å²) >= 11 is 0. The molecule has 2 fully saturated rings. The van der Waals surface area contributed by atoms with E-state index < -0.39 is 17.8 Å². The largest absolute Gasteiger partial charge is 1.00 e. The number of aromatic nitrogens is 6. The number of fused-ring (bicyclic) bond motifs is 1. The number of carbonyl (C=O) groups is 1.